The van der Waals surface area contributed by atoms with Crippen LogP contribution in [0, 0.1) is 5.82 Å². The van der Waals surface area contributed by atoms with E-state index in [0.717, 1.165) is 19.3 Å². The van der Waals surface area contributed by atoms with E-state index in [2.05, 4.69) is 10.6 Å². The first-order valence-electron chi connectivity index (χ1n) is 7.30. The third kappa shape index (κ3) is 3.33. The highest BCUT2D eigenvalue weighted by Crippen LogP contribution is 2.28. The van der Waals surface area contributed by atoms with E-state index in [4.69, 9.17) is 4.74 Å². The molecule has 1 aromatic carbocycles. The van der Waals surface area contributed by atoms with Crippen LogP contribution in [0.15, 0.2) is 18.2 Å². The number of carbonyl (C=O) groups is 1. The van der Waals surface area contributed by atoms with Crippen molar-refractivity contribution in [2.75, 3.05) is 11.9 Å². The highest BCUT2D eigenvalue weighted by molar-refractivity contribution is 5.95. The zero-order valence-corrected chi connectivity index (χ0v) is 11.6. The number of rotatable bonds is 4. The van der Waals surface area contributed by atoms with E-state index in [9.17, 15) is 14.3 Å². The molecule has 1 aliphatic heterocycles. The van der Waals surface area contributed by atoms with Crippen molar-refractivity contribution in [3.05, 3.63) is 24.0 Å². The van der Waals surface area contributed by atoms with Gasteiger partial charge in [0.25, 0.3) is 0 Å². The highest BCUT2D eigenvalue weighted by Gasteiger charge is 2.28. The first kappa shape index (κ1) is 14.3. The molecule has 2 unspecified atom stereocenters. The van der Waals surface area contributed by atoms with E-state index in [1.807, 2.05) is 0 Å². The fraction of sp³-hybridized carbons (Fsp3) is 0.533. The standard InChI is InChI=1S/C15H19FN2O3/c16-12-6-9(4-5-14(12)21-11-2-1-3-11)18-15(20)13-7-10(19)8-17-13/h4-6,10-11,13,17,19H,1-3,7-8H2,(H,18,20). The Morgan fingerprint density at radius 3 is 2.81 bits per heavy atom. The van der Waals surface area contributed by atoms with E-state index in [1.54, 1.807) is 12.1 Å². The van der Waals surface area contributed by atoms with E-state index in [1.165, 1.54) is 6.07 Å². The van der Waals surface area contributed by atoms with Crippen molar-refractivity contribution in [3.63, 3.8) is 0 Å². The minimum Gasteiger partial charge on any atom is -0.487 e. The molecule has 6 heteroatoms. The molecule has 1 aromatic rings. The summed E-state index contributed by atoms with van der Waals surface area (Å²) in [6, 6.07) is 3.99. The molecular weight excluding hydrogens is 275 g/mol. The van der Waals surface area contributed by atoms with Crippen molar-refractivity contribution in [3.8, 4) is 5.75 Å². The maximum absolute atomic E-state index is 13.9. The van der Waals surface area contributed by atoms with Gasteiger partial charge in [-0.15, -0.1) is 0 Å². The zero-order chi connectivity index (χ0) is 14.8. The molecule has 2 atom stereocenters. The molecule has 3 rings (SSSR count). The summed E-state index contributed by atoms with van der Waals surface area (Å²) in [6.45, 7) is 0.403. The fourth-order valence-corrected chi connectivity index (χ4v) is 2.49. The second-order valence-electron chi connectivity index (χ2n) is 5.66. The predicted molar refractivity (Wildman–Crippen MR) is 75.7 cm³/mol. The van der Waals surface area contributed by atoms with Crippen molar-refractivity contribution in [1.82, 2.24) is 5.32 Å². The molecule has 114 valence electrons. The van der Waals surface area contributed by atoms with Crippen LogP contribution in [-0.2, 0) is 4.79 Å². The molecule has 21 heavy (non-hydrogen) atoms. The van der Waals surface area contributed by atoms with Crippen LogP contribution in [0.3, 0.4) is 0 Å². The number of benzene rings is 1. The minimum atomic E-state index is -0.504. The van der Waals surface area contributed by atoms with Gasteiger partial charge in [0.2, 0.25) is 5.91 Å². The normalized spacial score (nSPS) is 25.4. The number of β-amino-alcohol motifs (C(OH)–C–C–N with tert-alkyl or cyclic N) is 1. The molecule has 1 saturated heterocycles. The Balaban J connectivity index is 1.60. The Kier molecular flexibility index (Phi) is 4.07. The summed E-state index contributed by atoms with van der Waals surface area (Å²) in [5, 5.41) is 14.9. The van der Waals surface area contributed by atoms with Gasteiger partial charge in [0.1, 0.15) is 0 Å². The quantitative estimate of drug-likeness (QED) is 0.785. The van der Waals surface area contributed by atoms with Gasteiger partial charge < -0.3 is 20.5 Å². The van der Waals surface area contributed by atoms with E-state index in [0.29, 0.717) is 18.7 Å². The molecule has 2 aliphatic rings. The number of carbonyl (C=O) groups excluding carboxylic acids is 1. The van der Waals surface area contributed by atoms with Gasteiger partial charge in [-0.05, 0) is 37.8 Å². The van der Waals surface area contributed by atoms with Crippen LogP contribution in [0.1, 0.15) is 25.7 Å². The van der Waals surface area contributed by atoms with Gasteiger partial charge >= 0.3 is 0 Å². The van der Waals surface area contributed by atoms with Crippen LogP contribution in [0.2, 0.25) is 0 Å². The van der Waals surface area contributed by atoms with Gasteiger partial charge in [0.15, 0.2) is 11.6 Å². The monoisotopic (exact) mass is 294 g/mol. The fourth-order valence-electron chi connectivity index (χ4n) is 2.49. The molecule has 1 aliphatic carbocycles. The maximum Gasteiger partial charge on any atom is 0.241 e. The van der Waals surface area contributed by atoms with Crippen LogP contribution in [0.5, 0.6) is 5.75 Å². The smallest absolute Gasteiger partial charge is 0.241 e. The van der Waals surface area contributed by atoms with E-state index in [-0.39, 0.29) is 17.8 Å². The summed E-state index contributed by atoms with van der Waals surface area (Å²) in [5.74, 6) is -0.509. The molecule has 5 nitrogen and oxygen atoms in total. The summed E-state index contributed by atoms with van der Waals surface area (Å²) < 4.78 is 19.5. The topological polar surface area (TPSA) is 70.6 Å². The average molecular weight is 294 g/mol. The van der Waals surface area contributed by atoms with Gasteiger partial charge in [-0.1, -0.05) is 0 Å². The zero-order valence-electron chi connectivity index (χ0n) is 11.6. The molecule has 0 bridgehead atoms. The Morgan fingerprint density at radius 1 is 1.43 bits per heavy atom. The van der Waals surface area contributed by atoms with Crippen LogP contribution in [0.4, 0.5) is 10.1 Å². The molecule has 0 spiro atoms. The number of anilines is 1. The summed E-state index contributed by atoms with van der Waals surface area (Å²) in [4.78, 5) is 12.0. The Bertz CT molecular complexity index is 534. The number of hydrogen-bond donors (Lipinski definition) is 3. The molecule has 0 aromatic heterocycles. The molecule has 3 N–H and O–H groups in total. The lowest BCUT2D eigenvalue weighted by Crippen LogP contribution is -2.35. The molecule has 1 saturated carbocycles. The van der Waals surface area contributed by atoms with E-state index < -0.39 is 18.0 Å². The third-order valence-electron chi connectivity index (χ3n) is 3.97. The lowest BCUT2D eigenvalue weighted by Gasteiger charge is -2.26. The summed E-state index contributed by atoms with van der Waals surface area (Å²) in [5.41, 5.74) is 0.390. The number of aliphatic hydroxyl groups is 1. The molecule has 1 heterocycles. The van der Waals surface area contributed by atoms with Crippen molar-refractivity contribution in [2.24, 2.45) is 0 Å². The molecule has 0 radical (unpaired) electrons. The Hall–Kier alpha value is -1.66. The Morgan fingerprint density at radius 2 is 2.24 bits per heavy atom. The highest BCUT2D eigenvalue weighted by atomic mass is 19.1. The molecule has 2 fully saturated rings. The van der Waals surface area contributed by atoms with Crippen molar-refractivity contribution < 1.29 is 19.0 Å². The second-order valence-corrected chi connectivity index (χ2v) is 5.66. The number of nitrogens with one attached hydrogen (secondary N) is 2. The van der Waals surface area contributed by atoms with Gasteiger partial charge in [-0.3, -0.25) is 4.79 Å². The predicted octanol–water partition coefficient (Wildman–Crippen LogP) is 1.42. The number of amides is 1. The summed E-state index contributed by atoms with van der Waals surface area (Å²) in [6.07, 6.45) is 3.04. The second kappa shape index (κ2) is 5.99. The van der Waals surface area contributed by atoms with Gasteiger partial charge in [-0.2, -0.15) is 0 Å². The van der Waals surface area contributed by atoms with Crippen molar-refractivity contribution in [1.29, 1.82) is 0 Å². The SMILES string of the molecule is O=C(Nc1ccc(OC2CCC2)c(F)c1)C1CC(O)CN1. The van der Waals surface area contributed by atoms with Gasteiger partial charge in [0, 0.05) is 18.3 Å². The summed E-state index contributed by atoms with van der Waals surface area (Å²) >= 11 is 0. The number of ether oxygens (including phenoxy) is 1. The lowest BCUT2D eigenvalue weighted by molar-refractivity contribution is -0.117. The maximum atomic E-state index is 13.9. The van der Waals surface area contributed by atoms with E-state index >= 15 is 0 Å². The minimum absolute atomic E-state index is 0.115. The largest absolute Gasteiger partial charge is 0.487 e. The number of hydrogen-bond acceptors (Lipinski definition) is 4. The summed E-state index contributed by atoms with van der Waals surface area (Å²) in [7, 11) is 0. The Labute approximate surface area is 122 Å². The van der Waals surface area contributed by atoms with Crippen molar-refractivity contribution >= 4 is 11.6 Å². The lowest BCUT2D eigenvalue weighted by atomic mass is 9.96. The average Bonchev–Trinajstić information content (AvgIpc) is 2.82. The van der Waals surface area contributed by atoms with Crippen molar-refractivity contribution in [2.45, 2.75) is 43.9 Å². The first-order chi connectivity index (χ1) is 10.1. The van der Waals surface area contributed by atoms with Crippen LogP contribution >= 0.6 is 0 Å². The van der Waals surface area contributed by atoms with Gasteiger partial charge in [-0.25, -0.2) is 4.39 Å². The number of aliphatic hydroxyl groups excluding tert-OH is 1. The first-order valence-corrected chi connectivity index (χ1v) is 7.30. The molecular formula is C15H19FN2O3. The van der Waals surface area contributed by atoms with Gasteiger partial charge in [0.05, 0.1) is 18.2 Å². The van der Waals surface area contributed by atoms with Crippen LogP contribution in [-0.4, -0.2) is 35.8 Å². The number of halogens is 1. The molecule has 1 amide bonds. The van der Waals surface area contributed by atoms with Crippen LogP contribution in [0.25, 0.3) is 0 Å². The van der Waals surface area contributed by atoms with Crippen LogP contribution < -0.4 is 15.4 Å². The third-order valence-corrected chi connectivity index (χ3v) is 3.97.